The first-order chi connectivity index (χ1) is 9.54. The topological polar surface area (TPSA) is 66.7 Å². The monoisotopic (exact) mass is 310 g/mol. The van der Waals surface area contributed by atoms with E-state index in [2.05, 4.69) is 10.3 Å². The van der Waals surface area contributed by atoms with Gasteiger partial charge in [0.25, 0.3) is 11.5 Å². The second-order valence-corrected chi connectivity index (χ2v) is 4.74. The normalized spacial score (nSPS) is 10.2. The van der Waals surface area contributed by atoms with Crippen molar-refractivity contribution >= 4 is 24.0 Å². The highest BCUT2D eigenvalue weighted by Crippen LogP contribution is 2.03. The lowest BCUT2D eigenvalue weighted by atomic mass is 10.2. The smallest absolute Gasteiger partial charge is 0.270 e. The van der Waals surface area contributed by atoms with Gasteiger partial charge in [0, 0.05) is 32.5 Å². The Morgan fingerprint density at radius 1 is 1.48 bits per heavy atom. The fourth-order valence-corrected chi connectivity index (χ4v) is 1.91. The second-order valence-electron chi connectivity index (χ2n) is 4.74. The number of fused-ring (bicyclic) bond motifs is 1. The number of carbonyl (C=O) groups excluding carboxylic acids is 1. The van der Waals surface area contributed by atoms with E-state index in [-0.39, 0.29) is 29.4 Å². The van der Waals surface area contributed by atoms with E-state index >= 15 is 0 Å². The minimum atomic E-state index is -0.337. The minimum absolute atomic E-state index is 0. The third kappa shape index (κ3) is 3.59. The van der Waals surface area contributed by atoms with E-state index in [9.17, 15) is 9.59 Å². The zero-order valence-electron chi connectivity index (χ0n) is 12.3. The van der Waals surface area contributed by atoms with Crippen LogP contribution in [-0.4, -0.2) is 47.4 Å². The highest BCUT2D eigenvalue weighted by atomic mass is 35.5. The van der Waals surface area contributed by atoms with E-state index in [1.807, 2.05) is 20.0 Å². The SMILES string of the molecule is CNCCN(C)C(=O)c1cnc2cc(C)ccn2c1=O.Cl. The molecule has 0 unspecified atom stereocenters. The predicted octanol–water partition coefficient (Wildman–Crippen LogP) is 0.716. The van der Waals surface area contributed by atoms with E-state index < -0.39 is 0 Å². The Bertz CT molecular complexity index is 699. The van der Waals surface area contributed by atoms with Crippen molar-refractivity contribution < 1.29 is 4.79 Å². The van der Waals surface area contributed by atoms with Gasteiger partial charge in [0.05, 0.1) is 0 Å². The van der Waals surface area contributed by atoms with Gasteiger partial charge in [0.1, 0.15) is 11.2 Å². The van der Waals surface area contributed by atoms with Gasteiger partial charge >= 0.3 is 0 Å². The van der Waals surface area contributed by atoms with Gasteiger partial charge in [-0.15, -0.1) is 12.4 Å². The fraction of sp³-hybridized carbons (Fsp3) is 0.357. The Morgan fingerprint density at radius 2 is 2.19 bits per heavy atom. The van der Waals surface area contributed by atoms with E-state index in [1.54, 1.807) is 19.3 Å². The molecular formula is C14H19ClN4O2. The zero-order valence-corrected chi connectivity index (χ0v) is 13.1. The van der Waals surface area contributed by atoms with Crippen LogP contribution in [0.4, 0.5) is 0 Å². The summed E-state index contributed by atoms with van der Waals surface area (Å²) in [6.07, 6.45) is 3.00. The van der Waals surface area contributed by atoms with Crippen LogP contribution in [-0.2, 0) is 0 Å². The molecule has 0 aliphatic carbocycles. The van der Waals surface area contributed by atoms with Gasteiger partial charge in [0.15, 0.2) is 0 Å². The lowest BCUT2D eigenvalue weighted by Gasteiger charge is -2.16. The molecule has 2 heterocycles. The Labute approximate surface area is 129 Å². The highest BCUT2D eigenvalue weighted by molar-refractivity contribution is 5.93. The number of halogens is 1. The summed E-state index contributed by atoms with van der Waals surface area (Å²) in [5.41, 5.74) is 1.31. The average Bonchev–Trinajstić information content (AvgIpc) is 2.44. The zero-order chi connectivity index (χ0) is 14.7. The molecule has 0 aromatic carbocycles. The molecule has 0 atom stereocenters. The average molecular weight is 311 g/mol. The Morgan fingerprint density at radius 3 is 2.86 bits per heavy atom. The summed E-state index contributed by atoms with van der Waals surface area (Å²) in [6.45, 7) is 3.13. The molecule has 21 heavy (non-hydrogen) atoms. The second kappa shape index (κ2) is 7.19. The molecule has 1 N–H and O–H groups in total. The summed E-state index contributed by atoms with van der Waals surface area (Å²) in [5.74, 6) is -0.312. The standard InChI is InChI=1S/C14H18N4O2.ClH/c1-10-4-6-18-12(8-10)16-9-11(14(18)20)13(19)17(3)7-5-15-2;/h4,6,8-9,15H,5,7H2,1-3H3;1H. The van der Waals surface area contributed by atoms with Crippen LogP contribution in [0.2, 0.25) is 0 Å². The number of nitrogens with one attached hydrogen (secondary N) is 1. The molecule has 0 saturated heterocycles. The molecule has 0 bridgehead atoms. The van der Waals surface area contributed by atoms with Gasteiger partial charge in [-0.1, -0.05) is 0 Å². The molecule has 0 radical (unpaired) electrons. The molecule has 2 aromatic rings. The molecule has 6 nitrogen and oxygen atoms in total. The minimum Gasteiger partial charge on any atom is -0.340 e. The number of nitrogens with zero attached hydrogens (tertiary/aromatic N) is 3. The summed E-state index contributed by atoms with van der Waals surface area (Å²) in [6, 6.07) is 3.62. The molecule has 0 aliphatic rings. The number of aromatic nitrogens is 2. The first-order valence-electron chi connectivity index (χ1n) is 6.42. The van der Waals surface area contributed by atoms with Crippen LogP contribution in [0.5, 0.6) is 0 Å². The van der Waals surface area contributed by atoms with Crippen LogP contribution in [0.1, 0.15) is 15.9 Å². The maximum Gasteiger partial charge on any atom is 0.270 e. The van der Waals surface area contributed by atoms with Gasteiger partial charge in [-0.25, -0.2) is 4.98 Å². The first-order valence-corrected chi connectivity index (χ1v) is 6.42. The molecular weight excluding hydrogens is 292 g/mol. The first kappa shape index (κ1) is 17.1. The van der Waals surface area contributed by atoms with Crippen LogP contribution in [0.15, 0.2) is 29.3 Å². The van der Waals surface area contributed by atoms with Crippen molar-refractivity contribution in [1.29, 1.82) is 0 Å². The Hall–Kier alpha value is -1.92. The number of carbonyl (C=O) groups is 1. The molecule has 2 aromatic heterocycles. The van der Waals surface area contributed by atoms with Gasteiger partial charge in [-0.2, -0.15) is 0 Å². The van der Waals surface area contributed by atoms with Gasteiger partial charge in [0.2, 0.25) is 0 Å². The summed E-state index contributed by atoms with van der Waals surface area (Å²) in [7, 11) is 3.48. The largest absolute Gasteiger partial charge is 0.340 e. The molecule has 2 rings (SSSR count). The maximum absolute atomic E-state index is 12.3. The van der Waals surface area contributed by atoms with Crippen LogP contribution in [0.3, 0.4) is 0 Å². The number of amides is 1. The van der Waals surface area contributed by atoms with Crippen LogP contribution in [0.25, 0.3) is 5.65 Å². The Kier molecular flexibility index (Phi) is 5.87. The maximum atomic E-state index is 12.3. The van der Waals surface area contributed by atoms with E-state index in [1.165, 1.54) is 15.5 Å². The number of aryl methyl sites for hydroxylation is 1. The summed E-state index contributed by atoms with van der Waals surface area (Å²) >= 11 is 0. The molecule has 7 heteroatoms. The van der Waals surface area contributed by atoms with Crippen molar-refractivity contribution in [2.75, 3.05) is 27.2 Å². The molecule has 114 valence electrons. The number of likely N-dealkylation sites (N-methyl/N-ethyl adjacent to an activating group) is 2. The third-order valence-corrected chi connectivity index (χ3v) is 3.14. The molecule has 0 spiro atoms. The quantitative estimate of drug-likeness (QED) is 0.903. The van der Waals surface area contributed by atoms with Gasteiger partial charge in [-0.3, -0.25) is 14.0 Å². The predicted molar refractivity (Wildman–Crippen MR) is 84.3 cm³/mol. The van der Waals surface area contributed by atoms with E-state index in [0.717, 1.165) is 5.56 Å². The number of hydrogen-bond acceptors (Lipinski definition) is 4. The van der Waals surface area contributed by atoms with Gasteiger partial charge < -0.3 is 10.2 Å². The van der Waals surface area contributed by atoms with Crippen molar-refractivity contribution in [2.45, 2.75) is 6.92 Å². The number of rotatable bonds is 4. The van der Waals surface area contributed by atoms with Crippen molar-refractivity contribution in [3.63, 3.8) is 0 Å². The molecule has 1 amide bonds. The summed E-state index contributed by atoms with van der Waals surface area (Å²) < 4.78 is 1.39. The van der Waals surface area contributed by atoms with Crippen LogP contribution >= 0.6 is 12.4 Å². The summed E-state index contributed by atoms with van der Waals surface area (Å²) in [5, 5.41) is 2.96. The number of pyridine rings is 1. The summed E-state index contributed by atoms with van der Waals surface area (Å²) in [4.78, 5) is 30.2. The lowest BCUT2D eigenvalue weighted by Crippen LogP contribution is -2.36. The lowest BCUT2D eigenvalue weighted by molar-refractivity contribution is 0.0794. The van der Waals surface area contributed by atoms with Gasteiger partial charge in [-0.05, 0) is 31.7 Å². The fourth-order valence-electron chi connectivity index (χ4n) is 1.91. The van der Waals surface area contributed by atoms with Crippen LogP contribution < -0.4 is 10.9 Å². The van der Waals surface area contributed by atoms with E-state index in [4.69, 9.17) is 0 Å². The van der Waals surface area contributed by atoms with Crippen molar-refractivity contribution in [3.8, 4) is 0 Å². The molecule has 0 aliphatic heterocycles. The Balaban J connectivity index is 0.00000220. The third-order valence-electron chi connectivity index (χ3n) is 3.14. The molecule has 0 fully saturated rings. The highest BCUT2D eigenvalue weighted by Gasteiger charge is 2.16. The molecule has 0 saturated carbocycles. The van der Waals surface area contributed by atoms with E-state index in [0.29, 0.717) is 18.7 Å². The van der Waals surface area contributed by atoms with Crippen LogP contribution in [0, 0.1) is 6.92 Å². The van der Waals surface area contributed by atoms with Crippen molar-refractivity contribution in [2.24, 2.45) is 0 Å². The van der Waals surface area contributed by atoms with Crippen molar-refractivity contribution in [3.05, 3.63) is 46.0 Å². The van der Waals surface area contributed by atoms with Crippen molar-refractivity contribution in [1.82, 2.24) is 19.6 Å². The number of hydrogen-bond donors (Lipinski definition) is 1.